The van der Waals surface area contributed by atoms with Crippen LogP contribution in [0.5, 0.6) is 0 Å². The minimum atomic E-state index is -0.556. The molecule has 1 aliphatic rings. The lowest BCUT2D eigenvalue weighted by Crippen LogP contribution is -2.21. The number of aromatic amines is 1. The van der Waals surface area contributed by atoms with Crippen LogP contribution in [-0.2, 0) is 19.3 Å². The van der Waals surface area contributed by atoms with Crippen LogP contribution in [0.4, 0.5) is 8.78 Å². The van der Waals surface area contributed by atoms with Crippen LogP contribution >= 0.6 is 12.2 Å². The quantitative estimate of drug-likeness (QED) is 0.686. The number of fused-ring (bicyclic) bond motifs is 1. The highest BCUT2D eigenvalue weighted by Crippen LogP contribution is 2.32. The Labute approximate surface area is 131 Å². The average Bonchev–Trinajstić information content (AvgIpc) is 2.85. The highest BCUT2D eigenvalue weighted by atomic mass is 32.1. The van der Waals surface area contributed by atoms with Crippen LogP contribution in [0.3, 0.4) is 0 Å². The molecule has 1 N–H and O–H groups in total. The van der Waals surface area contributed by atoms with Crippen LogP contribution in [0.15, 0.2) is 23.5 Å². The molecular formula is C15H15F2N3OS. The molecule has 1 aliphatic carbocycles. The molecule has 7 heteroatoms. The third kappa shape index (κ3) is 2.72. The van der Waals surface area contributed by atoms with Gasteiger partial charge in [0.2, 0.25) is 0 Å². The second-order valence-corrected chi connectivity index (χ2v) is 5.87. The van der Waals surface area contributed by atoms with Crippen molar-refractivity contribution < 1.29 is 8.78 Å². The zero-order valence-corrected chi connectivity index (χ0v) is 12.6. The van der Waals surface area contributed by atoms with E-state index in [-0.39, 0.29) is 12.6 Å². The molecule has 1 heterocycles. The molecule has 1 aromatic carbocycles. The first kappa shape index (κ1) is 15.0. The van der Waals surface area contributed by atoms with Gasteiger partial charge in [-0.2, -0.15) is 4.91 Å². The summed E-state index contributed by atoms with van der Waals surface area (Å²) in [6.45, 7) is 0.180. The van der Waals surface area contributed by atoms with E-state index in [9.17, 15) is 13.7 Å². The molecule has 1 atom stereocenters. The van der Waals surface area contributed by atoms with Crippen LogP contribution in [0.25, 0.3) is 0 Å². The molecule has 1 unspecified atom stereocenters. The normalized spacial score (nSPS) is 17.3. The van der Waals surface area contributed by atoms with Gasteiger partial charge in [-0.1, -0.05) is 5.18 Å². The molecule has 0 saturated heterocycles. The molecule has 22 heavy (non-hydrogen) atoms. The predicted molar refractivity (Wildman–Crippen MR) is 81.4 cm³/mol. The highest BCUT2D eigenvalue weighted by Gasteiger charge is 2.25. The van der Waals surface area contributed by atoms with Crippen LogP contribution in [-0.4, -0.2) is 16.1 Å². The van der Waals surface area contributed by atoms with Gasteiger partial charge in [0.1, 0.15) is 11.6 Å². The minimum absolute atomic E-state index is 0.0362. The number of imidazole rings is 1. The Morgan fingerprint density at radius 3 is 3.00 bits per heavy atom. The zero-order chi connectivity index (χ0) is 15.7. The Bertz CT molecular complexity index is 769. The Morgan fingerprint density at radius 1 is 1.41 bits per heavy atom. The van der Waals surface area contributed by atoms with E-state index in [4.69, 9.17) is 12.2 Å². The first-order valence-corrected chi connectivity index (χ1v) is 7.55. The molecule has 116 valence electrons. The topological polar surface area (TPSA) is 50.1 Å². The van der Waals surface area contributed by atoms with Gasteiger partial charge in [0.15, 0.2) is 4.77 Å². The summed E-state index contributed by atoms with van der Waals surface area (Å²) < 4.78 is 29.7. The fraction of sp³-hybridized carbons (Fsp3) is 0.400. The summed E-state index contributed by atoms with van der Waals surface area (Å²) in [5, 5.41) is 2.88. The second-order valence-electron chi connectivity index (χ2n) is 5.48. The fourth-order valence-corrected chi connectivity index (χ4v) is 3.50. The maximum Gasteiger partial charge on any atom is 0.177 e. The number of aromatic nitrogens is 2. The largest absolute Gasteiger partial charge is 0.337 e. The van der Waals surface area contributed by atoms with Gasteiger partial charge in [-0.15, -0.1) is 0 Å². The van der Waals surface area contributed by atoms with E-state index in [1.54, 1.807) is 6.20 Å². The Hall–Kier alpha value is -1.89. The maximum absolute atomic E-state index is 13.8. The molecule has 0 amide bonds. The molecule has 0 spiro atoms. The number of rotatable bonds is 4. The first-order valence-electron chi connectivity index (χ1n) is 7.15. The van der Waals surface area contributed by atoms with E-state index in [0.717, 1.165) is 18.2 Å². The van der Waals surface area contributed by atoms with Crippen molar-refractivity contribution in [2.45, 2.75) is 31.7 Å². The van der Waals surface area contributed by atoms with Gasteiger partial charge in [-0.3, -0.25) is 0 Å². The van der Waals surface area contributed by atoms with E-state index in [2.05, 4.69) is 10.2 Å². The molecule has 4 nitrogen and oxygen atoms in total. The van der Waals surface area contributed by atoms with Crippen molar-refractivity contribution in [1.29, 1.82) is 0 Å². The second kappa shape index (κ2) is 6.08. The lowest BCUT2D eigenvalue weighted by molar-refractivity contribution is 0.416. The van der Waals surface area contributed by atoms with Crippen LogP contribution in [0.1, 0.15) is 29.3 Å². The number of nitrogens with zero attached hydrogens (tertiary/aromatic N) is 2. The number of H-pyrrole nitrogens is 1. The van der Waals surface area contributed by atoms with Crippen molar-refractivity contribution in [2.75, 3.05) is 6.54 Å². The third-order valence-electron chi connectivity index (χ3n) is 4.15. The number of hydrogen-bond donors (Lipinski definition) is 1. The summed E-state index contributed by atoms with van der Waals surface area (Å²) in [6, 6.07) is 2.37. The predicted octanol–water partition coefficient (Wildman–Crippen LogP) is 3.86. The molecule has 2 aromatic rings. The molecule has 0 fully saturated rings. The molecular weight excluding hydrogens is 308 g/mol. The monoisotopic (exact) mass is 323 g/mol. The van der Waals surface area contributed by atoms with E-state index >= 15 is 0 Å². The lowest BCUT2D eigenvalue weighted by atomic mass is 9.87. The molecule has 0 radical (unpaired) electrons. The van der Waals surface area contributed by atoms with Gasteiger partial charge in [-0.05, 0) is 48.7 Å². The van der Waals surface area contributed by atoms with Gasteiger partial charge in [-0.25, -0.2) is 8.78 Å². The van der Waals surface area contributed by atoms with Gasteiger partial charge in [0, 0.05) is 30.4 Å². The van der Waals surface area contributed by atoms with E-state index in [1.165, 1.54) is 6.07 Å². The summed E-state index contributed by atoms with van der Waals surface area (Å²) in [5.74, 6) is -1.03. The molecule has 0 saturated carbocycles. The number of benzene rings is 1. The Balaban J connectivity index is 1.93. The van der Waals surface area contributed by atoms with E-state index < -0.39 is 11.6 Å². The van der Waals surface area contributed by atoms with Crippen molar-refractivity contribution in [1.82, 2.24) is 9.55 Å². The van der Waals surface area contributed by atoms with Gasteiger partial charge in [0.05, 0.1) is 6.54 Å². The Kier molecular flexibility index (Phi) is 4.15. The molecule has 0 bridgehead atoms. The number of nitrogens with one attached hydrogen (secondary N) is 1. The van der Waals surface area contributed by atoms with Crippen molar-refractivity contribution in [3.63, 3.8) is 0 Å². The van der Waals surface area contributed by atoms with Crippen LogP contribution in [0.2, 0.25) is 0 Å². The maximum atomic E-state index is 13.8. The van der Waals surface area contributed by atoms with Gasteiger partial charge < -0.3 is 9.55 Å². The summed E-state index contributed by atoms with van der Waals surface area (Å²) in [6.07, 6.45) is 4.07. The van der Waals surface area contributed by atoms with Crippen molar-refractivity contribution >= 4 is 12.2 Å². The number of halogens is 2. The van der Waals surface area contributed by atoms with Gasteiger partial charge in [0.25, 0.3) is 0 Å². The lowest BCUT2D eigenvalue weighted by Gasteiger charge is -2.27. The zero-order valence-electron chi connectivity index (χ0n) is 11.8. The summed E-state index contributed by atoms with van der Waals surface area (Å²) in [4.78, 5) is 13.3. The van der Waals surface area contributed by atoms with Crippen molar-refractivity contribution in [2.24, 2.45) is 5.18 Å². The van der Waals surface area contributed by atoms with Crippen molar-refractivity contribution in [3.8, 4) is 0 Å². The first-order chi connectivity index (χ1) is 10.6. The minimum Gasteiger partial charge on any atom is -0.337 e. The molecule has 0 aliphatic heterocycles. The highest BCUT2D eigenvalue weighted by molar-refractivity contribution is 7.71. The summed E-state index contributed by atoms with van der Waals surface area (Å²) >= 11 is 5.30. The fourth-order valence-electron chi connectivity index (χ4n) is 3.17. The standard InChI is InChI=1S/C15H15F2N3OS/c16-10-5-9-6-11(1-2-13(9)14(17)7-10)20-12(3-4-19-21)8-18-15(20)22/h5,7-8,11H,1-4,6H2,(H,18,22). The third-order valence-corrected chi connectivity index (χ3v) is 4.47. The smallest absolute Gasteiger partial charge is 0.177 e. The van der Waals surface area contributed by atoms with Gasteiger partial charge >= 0.3 is 0 Å². The average molecular weight is 323 g/mol. The van der Waals surface area contributed by atoms with E-state index in [1.807, 2.05) is 4.57 Å². The SMILES string of the molecule is O=NCCc1c[nH]c(=S)n1C1CCc2c(F)cc(F)cc2C1. The van der Waals surface area contributed by atoms with Crippen LogP contribution < -0.4 is 0 Å². The summed E-state index contributed by atoms with van der Waals surface area (Å²) in [5.41, 5.74) is 2.18. The molecule has 3 rings (SSSR count). The van der Waals surface area contributed by atoms with Crippen LogP contribution in [0, 0.1) is 21.3 Å². The van der Waals surface area contributed by atoms with Crippen molar-refractivity contribution in [3.05, 3.63) is 56.5 Å². The molecule has 1 aromatic heterocycles. The number of nitroso groups, excluding NO2 is 1. The number of hydrogen-bond acceptors (Lipinski definition) is 3. The Morgan fingerprint density at radius 2 is 2.23 bits per heavy atom. The summed E-state index contributed by atoms with van der Waals surface area (Å²) in [7, 11) is 0. The van der Waals surface area contributed by atoms with E-state index in [0.29, 0.717) is 35.2 Å².